The molecule has 0 spiro atoms. The number of pyridine rings is 1. The lowest BCUT2D eigenvalue weighted by molar-refractivity contribution is -0.143. The van der Waals surface area contributed by atoms with E-state index in [1.165, 1.54) is 51.4 Å². The van der Waals surface area contributed by atoms with Gasteiger partial charge in [-0.2, -0.15) is 26.3 Å². The first kappa shape index (κ1) is 34.2. The smallest absolute Gasteiger partial charge is 0.394 e. The Morgan fingerprint density at radius 2 is 1.53 bits per heavy atom. The molecule has 15 heteroatoms. The molecule has 0 radical (unpaired) electrons. The van der Waals surface area contributed by atoms with Gasteiger partial charge in [0.25, 0.3) is 0 Å². The minimum absolute atomic E-state index is 0.0104. The normalized spacial score (nSPS) is 17.9. The van der Waals surface area contributed by atoms with Gasteiger partial charge < -0.3 is 20.0 Å². The van der Waals surface area contributed by atoms with Crippen LogP contribution in [0.2, 0.25) is 0 Å². The van der Waals surface area contributed by atoms with E-state index in [-0.39, 0.29) is 53.2 Å². The third-order valence-corrected chi connectivity index (χ3v) is 9.01. The molecule has 1 amide bonds. The van der Waals surface area contributed by atoms with Crippen LogP contribution in [-0.2, 0) is 32.4 Å². The Morgan fingerprint density at radius 3 is 2.07 bits per heavy atom. The number of benzene rings is 2. The number of amides is 1. The molecule has 3 aromatic rings. The van der Waals surface area contributed by atoms with Crippen molar-refractivity contribution in [1.82, 2.24) is 4.98 Å². The number of sulfone groups is 1. The Labute approximate surface area is 255 Å². The number of anilines is 2. The van der Waals surface area contributed by atoms with E-state index < -0.39 is 62.3 Å². The summed E-state index contributed by atoms with van der Waals surface area (Å²) in [4.78, 5) is 20.9. The van der Waals surface area contributed by atoms with E-state index >= 15 is 0 Å². The first-order valence-electron chi connectivity index (χ1n) is 13.6. The third kappa shape index (κ3) is 6.94. The molecule has 2 N–H and O–H groups in total. The molecule has 1 aliphatic heterocycles. The van der Waals surface area contributed by atoms with E-state index in [1.807, 2.05) is 0 Å². The molecule has 0 saturated carbocycles. The highest BCUT2D eigenvalue weighted by Crippen LogP contribution is 2.42. The fraction of sp³-hybridized carbons (Fsp3) is 0.400. The standard InChI is InChI=1S/C30H31F6N3O5S/c1-28(2,17-9-18(29(31,32)33)11-19(10-17)30(34,35)36)27(42)38(3)24-14-37-26(39-15-21(41)12-20(39)16-40)13-23(24)22-7-5-6-8-25(22)45(4,43)44/h5-11,13-14,20-21,40-41H,12,15-16H2,1-4H3. The molecule has 1 saturated heterocycles. The molecular weight excluding hydrogens is 628 g/mol. The van der Waals surface area contributed by atoms with Gasteiger partial charge in [0.2, 0.25) is 5.91 Å². The van der Waals surface area contributed by atoms with Gasteiger partial charge in [-0.1, -0.05) is 18.2 Å². The number of aliphatic hydroxyl groups is 2. The van der Waals surface area contributed by atoms with Gasteiger partial charge in [-0.15, -0.1) is 0 Å². The second kappa shape index (κ2) is 11.9. The maximum absolute atomic E-state index is 14.0. The zero-order valence-electron chi connectivity index (χ0n) is 24.6. The van der Waals surface area contributed by atoms with Gasteiger partial charge >= 0.3 is 12.4 Å². The van der Waals surface area contributed by atoms with Crippen LogP contribution in [0.4, 0.5) is 37.8 Å². The minimum Gasteiger partial charge on any atom is -0.394 e. The topological polar surface area (TPSA) is 111 Å². The average Bonchev–Trinajstić information content (AvgIpc) is 3.35. The number of alkyl halides is 6. The number of hydrogen-bond acceptors (Lipinski definition) is 7. The highest BCUT2D eigenvalue weighted by Gasteiger charge is 2.41. The Kier molecular flexibility index (Phi) is 9.05. The van der Waals surface area contributed by atoms with E-state index in [2.05, 4.69) is 4.98 Å². The number of halogens is 6. The van der Waals surface area contributed by atoms with Crippen molar-refractivity contribution in [3.8, 4) is 11.1 Å². The number of aliphatic hydroxyl groups excluding tert-OH is 2. The molecule has 2 atom stereocenters. The SMILES string of the molecule is CN(C(=O)C(C)(C)c1cc(C(F)(F)F)cc(C(F)(F)F)c1)c1cnc(N2CC(O)CC2CO)cc1-c1ccccc1S(C)(=O)=O. The number of β-amino-alcohol motifs (C(OH)–C–C–N with tert-alkyl or cyclic N) is 1. The second-order valence-corrected chi connectivity index (χ2v) is 13.5. The predicted octanol–water partition coefficient (Wildman–Crippen LogP) is 5.06. The third-order valence-electron chi connectivity index (χ3n) is 7.85. The van der Waals surface area contributed by atoms with Crippen LogP contribution in [0.25, 0.3) is 11.1 Å². The summed E-state index contributed by atoms with van der Waals surface area (Å²) in [7, 11) is -2.59. The summed E-state index contributed by atoms with van der Waals surface area (Å²) in [5.74, 6) is -0.673. The molecule has 4 rings (SSSR count). The van der Waals surface area contributed by atoms with E-state index in [0.29, 0.717) is 12.1 Å². The Bertz CT molecular complexity index is 1680. The summed E-state index contributed by atoms with van der Waals surface area (Å²) in [5, 5.41) is 20.1. The van der Waals surface area contributed by atoms with Crippen LogP contribution in [-0.4, -0.2) is 68.1 Å². The zero-order valence-corrected chi connectivity index (χ0v) is 25.4. The van der Waals surface area contributed by atoms with Crippen LogP contribution >= 0.6 is 0 Å². The molecule has 0 aliphatic carbocycles. The van der Waals surface area contributed by atoms with Crippen LogP contribution in [0.1, 0.15) is 37.0 Å². The maximum Gasteiger partial charge on any atom is 0.416 e. The van der Waals surface area contributed by atoms with Crippen molar-refractivity contribution >= 4 is 27.2 Å². The fourth-order valence-corrected chi connectivity index (χ4v) is 6.31. The van der Waals surface area contributed by atoms with Crippen molar-refractivity contribution in [1.29, 1.82) is 0 Å². The first-order chi connectivity index (χ1) is 20.7. The van der Waals surface area contributed by atoms with Crippen LogP contribution < -0.4 is 9.80 Å². The lowest BCUT2D eigenvalue weighted by Gasteiger charge is -2.32. The van der Waals surface area contributed by atoms with Gasteiger partial charge in [0.05, 0.1) is 52.1 Å². The average molecular weight is 660 g/mol. The number of rotatable bonds is 7. The number of hydrogen-bond donors (Lipinski definition) is 2. The van der Waals surface area contributed by atoms with Crippen molar-refractivity contribution in [3.05, 3.63) is 71.4 Å². The number of likely N-dealkylation sites (N-methyl/N-ethyl adjacent to an activating group) is 1. The summed E-state index contributed by atoms with van der Waals surface area (Å²) in [6.07, 6.45) is -8.59. The molecule has 45 heavy (non-hydrogen) atoms. The summed E-state index contributed by atoms with van der Waals surface area (Å²) >= 11 is 0. The van der Waals surface area contributed by atoms with Crippen LogP contribution in [0, 0.1) is 0 Å². The molecule has 1 fully saturated rings. The molecule has 1 aliphatic rings. The lowest BCUT2D eigenvalue weighted by Crippen LogP contribution is -2.42. The molecule has 8 nitrogen and oxygen atoms in total. The van der Waals surface area contributed by atoms with Crippen molar-refractivity contribution in [2.75, 3.05) is 36.3 Å². The quantitative estimate of drug-likeness (QED) is 0.341. The van der Waals surface area contributed by atoms with Gasteiger partial charge in [0, 0.05) is 31.0 Å². The van der Waals surface area contributed by atoms with Crippen molar-refractivity contribution in [2.24, 2.45) is 0 Å². The number of aromatic nitrogens is 1. The number of carbonyl (C=O) groups excluding carboxylic acids is 1. The van der Waals surface area contributed by atoms with Gasteiger partial charge in [-0.05, 0) is 56.2 Å². The van der Waals surface area contributed by atoms with E-state index in [4.69, 9.17) is 0 Å². The Balaban J connectivity index is 1.89. The monoisotopic (exact) mass is 659 g/mol. The summed E-state index contributed by atoms with van der Waals surface area (Å²) < 4.78 is 107. The van der Waals surface area contributed by atoms with Gasteiger partial charge in [-0.3, -0.25) is 4.79 Å². The predicted molar refractivity (Wildman–Crippen MR) is 155 cm³/mol. The van der Waals surface area contributed by atoms with Crippen molar-refractivity contribution in [2.45, 2.75) is 55.1 Å². The van der Waals surface area contributed by atoms with Crippen LogP contribution in [0.5, 0.6) is 0 Å². The van der Waals surface area contributed by atoms with Crippen LogP contribution in [0.3, 0.4) is 0 Å². The number of carbonyl (C=O) groups is 1. The molecule has 244 valence electrons. The van der Waals surface area contributed by atoms with Crippen molar-refractivity contribution < 1.29 is 49.8 Å². The zero-order chi connectivity index (χ0) is 33.7. The van der Waals surface area contributed by atoms with Gasteiger partial charge in [0.15, 0.2) is 9.84 Å². The molecular formula is C30H31F6N3O5S. The summed E-state index contributed by atoms with van der Waals surface area (Å²) in [6.45, 7) is 2.15. The molecule has 2 aromatic carbocycles. The second-order valence-electron chi connectivity index (χ2n) is 11.5. The fourth-order valence-electron chi connectivity index (χ4n) is 5.40. The molecule has 2 heterocycles. The molecule has 0 bridgehead atoms. The lowest BCUT2D eigenvalue weighted by atomic mass is 9.81. The molecule has 2 unspecified atom stereocenters. The Morgan fingerprint density at radius 1 is 0.978 bits per heavy atom. The van der Waals surface area contributed by atoms with E-state index in [1.54, 1.807) is 11.0 Å². The highest BCUT2D eigenvalue weighted by molar-refractivity contribution is 7.90. The van der Waals surface area contributed by atoms with Gasteiger partial charge in [0.1, 0.15) is 5.82 Å². The highest BCUT2D eigenvalue weighted by atomic mass is 32.2. The van der Waals surface area contributed by atoms with Crippen LogP contribution in [0.15, 0.2) is 59.6 Å². The Hall–Kier alpha value is -3.69. The summed E-state index contributed by atoms with van der Waals surface area (Å²) in [5.41, 5.74) is -5.31. The molecule has 1 aromatic heterocycles. The minimum atomic E-state index is -5.13. The maximum atomic E-state index is 14.0. The van der Waals surface area contributed by atoms with Gasteiger partial charge in [-0.25, -0.2) is 13.4 Å². The van der Waals surface area contributed by atoms with E-state index in [0.717, 1.165) is 11.2 Å². The van der Waals surface area contributed by atoms with E-state index in [9.17, 15) is 49.8 Å². The first-order valence-corrected chi connectivity index (χ1v) is 15.5. The number of nitrogens with zero attached hydrogens (tertiary/aromatic N) is 3. The summed E-state index contributed by atoms with van der Waals surface area (Å²) in [6, 6.07) is 7.78. The van der Waals surface area contributed by atoms with Crippen molar-refractivity contribution in [3.63, 3.8) is 0 Å². The largest absolute Gasteiger partial charge is 0.416 e.